The first-order valence-corrected chi connectivity index (χ1v) is 8.22. The lowest BCUT2D eigenvalue weighted by Crippen LogP contribution is -2.26. The van der Waals surface area contributed by atoms with Crippen LogP contribution in [0.4, 0.5) is 0 Å². The molecule has 0 aliphatic heterocycles. The highest BCUT2D eigenvalue weighted by Gasteiger charge is 2.31. The standard InChI is InChI=1S/C17H21NO2S/c1-3-17(4-2,11-10-15(19)20)14-12-21-16(18-14)13-8-6-5-7-9-13/h5-9,12H,3-4,10-11H2,1-2H3,(H,19,20). The first kappa shape index (κ1) is 15.7. The molecule has 21 heavy (non-hydrogen) atoms. The number of carboxylic acids is 1. The van der Waals surface area contributed by atoms with E-state index in [9.17, 15) is 4.79 Å². The van der Waals surface area contributed by atoms with Crippen LogP contribution in [0.5, 0.6) is 0 Å². The number of aliphatic carboxylic acids is 1. The fraction of sp³-hybridized carbons (Fsp3) is 0.412. The van der Waals surface area contributed by atoms with Gasteiger partial charge >= 0.3 is 5.97 Å². The zero-order valence-electron chi connectivity index (χ0n) is 12.5. The summed E-state index contributed by atoms with van der Waals surface area (Å²) in [5.74, 6) is -0.736. The zero-order chi connectivity index (χ0) is 15.3. The predicted octanol–water partition coefficient (Wildman–Crippen LogP) is 4.73. The summed E-state index contributed by atoms with van der Waals surface area (Å²) in [5.41, 5.74) is 2.03. The lowest BCUT2D eigenvalue weighted by molar-refractivity contribution is -0.137. The molecule has 0 atom stereocenters. The Morgan fingerprint density at radius 3 is 2.48 bits per heavy atom. The molecule has 0 amide bonds. The number of nitrogens with zero attached hydrogens (tertiary/aromatic N) is 1. The van der Waals surface area contributed by atoms with Gasteiger partial charge in [-0.1, -0.05) is 44.2 Å². The molecule has 0 radical (unpaired) electrons. The lowest BCUT2D eigenvalue weighted by Gasteiger charge is -2.29. The van der Waals surface area contributed by atoms with Crippen LogP contribution < -0.4 is 0 Å². The van der Waals surface area contributed by atoms with Crippen LogP contribution >= 0.6 is 11.3 Å². The van der Waals surface area contributed by atoms with E-state index >= 15 is 0 Å². The van der Waals surface area contributed by atoms with E-state index in [1.165, 1.54) is 0 Å². The topological polar surface area (TPSA) is 50.2 Å². The van der Waals surface area contributed by atoms with Crippen LogP contribution in [0.3, 0.4) is 0 Å². The first-order valence-electron chi connectivity index (χ1n) is 7.34. The zero-order valence-corrected chi connectivity index (χ0v) is 13.3. The van der Waals surface area contributed by atoms with Gasteiger partial charge in [-0.2, -0.15) is 0 Å². The summed E-state index contributed by atoms with van der Waals surface area (Å²) >= 11 is 1.64. The second-order valence-corrected chi connectivity index (χ2v) is 6.14. The van der Waals surface area contributed by atoms with Crippen LogP contribution in [0.2, 0.25) is 0 Å². The highest BCUT2D eigenvalue weighted by Crippen LogP contribution is 2.38. The Morgan fingerprint density at radius 2 is 1.90 bits per heavy atom. The normalized spacial score (nSPS) is 11.5. The molecule has 0 saturated heterocycles. The van der Waals surface area contributed by atoms with E-state index in [1.54, 1.807) is 11.3 Å². The average Bonchev–Trinajstić information content (AvgIpc) is 3.00. The number of carboxylic acid groups (broad SMARTS) is 1. The van der Waals surface area contributed by atoms with Crippen LogP contribution in [0.15, 0.2) is 35.7 Å². The Hall–Kier alpha value is -1.68. The van der Waals surface area contributed by atoms with Crippen LogP contribution in [0, 0.1) is 0 Å². The summed E-state index contributed by atoms with van der Waals surface area (Å²) in [7, 11) is 0. The third kappa shape index (κ3) is 3.50. The van der Waals surface area contributed by atoms with E-state index in [-0.39, 0.29) is 11.8 Å². The van der Waals surface area contributed by atoms with Crippen molar-refractivity contribution in [1.29, 1.82) is 0 Å². The molecule has 0 bridgehead atoms. The average molecular weight is 303 g/mol. The number of benzene rings is 1. The van der Waals surface area contributed by atoms with Crippen molar-refractivity contribution in [3.8, 4) is 10.6 Å². The van der Waals surface area contributed by atoms with Crippen molar-refractivity contribution in [1.82, 2.24) is 4.98 Å². The molecule has 0 spiro atoms. The van der Waals surface area contributed by atoms with Gasteiger partial charge in [-0.3, -0.25) is 4.79 Å². The molecule has 1 aromatic carbocycles. The van der Waals surface area contributed by atoms with E-state index < -0.39 is 5.97 Å². The monoisotopic (exact) mass is 303 g/mol. The molecule has 3 nitrogen and oxygen atoms in total. The molecule has 1 aromatic heterocycles. The summed E-state index contributed by atoms with van der Waals surface area (Å²) < 4.78 is 0. The molecule has 0 saturated carbocycles. The van der Waals surface area contributed by atoms with Crippen LogP contribution in [-0.4, -0.2) is 16.1 Å². The van der Waals surface area contributed by atoms with Gasteiger partial charge in [-0.05, 0) is 19.3 Å². The summed E-state index contributed by atoms with van der Waals surface area (Å²) in [4.78, 5) is 15.7. The first-order chi connectivity index (χ1) is 10.1. The van der Waals surface area contributed by atoms with E-state index in [2.05, 4.69) is 31.4 Å². The number of carbonyl (C=O) groups is 1. The maximum absolute atomic E-state index is 10.9. The van der Waals surface area contributed by atoms with E-state index in [4.69, 9.17) is 10.1 Å². The van der Waals surface area contributed by atoms with Crippen LogP contribution in [0.1, 0.15) is 45.2 Å². The van der Waals surface area contributed by atoms with Crippen molar-refractivity contribution in [2.45, 2.75) is 44.9 Å². The molecule has 0 fully saturated rings. The van der Waals surface area contributed by atoms with Crippen LogP contribution in [0.25, 0.3) is 10.6 Å². The SMILES string of the molecule is CCC(CC)(CCC(=O)O)c1csc(-c2ccccc2)n1. The van der Waals surface area contributed by atoms with Crippen molar-refractivity contribution in [3.05, 3.63) is 41.4 Å². The third-order valence-electron chi connectivity index (χ3n) is 4.24. The van der Waals surface area contributed by atoms with Crippen molar-refractivity contribution < 1.29 is 9.90 Å². The minimum absolute atomic E-state index is 0.123. The maximum Gasteiger partial charge on any atom is 0.303 e. The number of hydrogen-bond acceptors (Lipinski definition) is 3. The summed E-state index contributed by atoms with van der Waals surface area (Å²) in [6.07, 6.45) is 2.66. The van der Waals surface area contributed by atoms with Gasteiger partial charge in [0.1, 0.15) is 5.01 Å². The van der Waals surface area contributed by atoms with Gasteiger partial charge in [0.25, 0.3) is 0 Å². The molecule has 4 heteroatoms. The summed E-state index contributed by atoms with van der Waals surface area (Å²) in [5, 5.41) is 12.1. The van der Waals surface area contributed by atoms with Gasteiger partial charge in [0.15, 0.2) is 0 Å². The molecular weight excluding hydrogens is 282 g/mol. The molecule has 1 heterocycles. The summed E-state index contributed by atoms with van der Waals surface area (Å²) in [6, 6.07) is 10.1. The van der Waals surface area contributed by atoms with Gasteiger partial charge in [0, 0.05) is 22.8 Å². The maximum atomic E-state index is 10.9. The van der Waals surface area contributed by atoms with Gasteiger partial charge in [0.05, 0.1) is 5.69 Å². The molecule has 112 valence electrons. The van der Waals surface area contributed by atoms with Gasteiger partial charge in [-0.15, -0.1) is 11.3 Å². The Bertz CT molecular complexity index is 588. The van der Waals surface area contributed by atoms with E-state index in [0.29, 0.717) is 6.42 Å². The smallest absolute Gasteiger partial charge is 0.303 e. The molecule has 2 rings (SSSR count). The Morgan fingerprint density at radius 1 is 1.24 bits per heavy atom. The Balaban J connectivity index is 2.29. The largest absolute Gasteiger partial charge is 0.481 e. The van der Waals surface area contributed by atoms with E-state index in [1.807, 2.05) is 18.2 Å². The number of rotatable bonds is 7. The fourth-order valence-electron chi connectivity index (χ4n) is 2.67. The minimum Gasteiger partial charge on any atom is -0.481 e. The quantitative estimate of drug-likeness (QED) is 0.804. The second-order valence-electron chi connectivity index (χ2n) is 5.29. The molecule has 0 aliphatic carbocycles. The molecule has 0 aliphatic rings. The number of hydrogen-bond donors (Lipinski definition) is 1. The fourth-order valence-corrected chi connectivity index (χ4v) is 3.62. The number of thiazole rings is 1. The van der Waals surface area contributed by atoms with Crippen molar-refractivity contribution in [3.63, 3.8) is 0 Å². The van der Waals surface area contributed by atoms with Gasteiger partial charge in [-0.25, -0.2) is 4.98 Å². The summed E-state index contributed by atoms with van der Waals surface area (Å²) in [6.45, 7) is 4.24. The van der Waals surface area contributed by atoms with Gasteiger partial charge < -0.3 is 5.11 Å². The third-order valence-corrected chi connectivity index (χ3v) is 5.13. The molecule has 2 aromatic rings. The molecule has 1 N–H and O–H groups in total. The highest BCUT2D eigenvalue weighted by atomic mass is 32.1. The van der Waals surface area contributed by atoms with Crippen molar-refractivity contribution in [2.75, 3.05) is 0 Å². The second kappa shape index (κ2) is 6.85. The van der Waals surface area contributed by atoms with Crippen LogP contribution in [-0.2, 0) is 10.2 Å². The Labute approximate surface area is 129 Å². The predicted molar refractivity (Wildman–Crippen MR) is 86.7 cm³/mol. The van der Waals surface area contributed by atoms with Crippen molar-refractivity contribution in [2.24, 2.45) is 0 Å². The highest BCUT2D eigenvalue weighted by molar-refractivity contribution is 7.13. The number of aromatic nitrogens is 1. The minimum atomic E-state index is -0.736. The lowest BCUT2D eigenvalue weighted by atomic mass is 9.76. The van der Waals surface area contributed by atoms with Gasteiger partial charge in [0.2, 0.25) is 0 Å². The molecule has 0 unspecified atom stereocenters. The molecular formula is C17H21NO2S. The van der Waals surface area contributed by atoms with E-state index in [0.717, 1.165) is 29.1 Å². The Kier molecular flexibility index (Phi) is 5.12. The van der Waals surface area contributed by atoms with Crippen molar-refractivity contribution >= 4 is 17.3 Å².